The van der Waals surface area contributed by atoms with Crippen LogP contribution >= 0.6 is 0 Å². The van der Waals surface area contributed by atoms with Gasteiger partial charge in [0.15, 0.2) is 11.5 Å². The van der Waals surface area contributed by atoms with Crippen molar-refractivity contribution in [3.63, 3.8) is 0 Å². The lowest BCUT2D eigenvalue weighted by atomic mass is 10.1. The highest BCUT2D eigenvalue weighted by molar-refractivity contribution is 5.84. The van der Waals surface area contributed by atoms with E-state index in [-0.39, 0.29) is 0 Å². The van der Waals surface area contributed by atoms with E-state index >= 15 is 0 Å². The van der Waals surface area contributed by atoms with Gasteiger partial charge in [0.2, 0.25) is 0 Å². The Labute approximate surface area is 133 Å². The van der Waals surface area contributed by atoms with Crippen LogP contribution in [0.5, 0.6) is 17.2 Å². The molecule has 0 saturated heterocycles. The summed E-state index contributed by atoms with van der Waals surface area (Å²) in [6, 6.07) is 12.4. The van der Waals surface area contributed by atoms with Crippen molar-refractivity contribution in [3.05, 3.63) is 52.9 Å². The molecule has 0 aliphatic heterocycles. The van der Waals surface area contributed by atoms with Gasteiger partial charge in [-0.25, -0.2) is 4.79 Å². The first kappa shape index (κ1) is 15.0. The predicted octanol–water partition coefficient (Wildman–Crippen LogP) is 3.49. The van der Waals surface area contributed by atoms with Gasteiger partial charge in [0.25, 0.3) is 0 Å². The molecular formula is C18H16O5. The fraction of sp³-hybridized carbons (Fsp3) is 0.167. The second-order valence-corrected chi connectivity index (χ2v) is 4.92. The highest BCUT2D eigenvalue weighted by Gasteiger charge is 2.12. The topological polar surface area (TPSA) is 57.9 Å². The molecule has 5 heteroatoms. The van der Waals surface area contributed by atoms with Crippen molar-refractivity contribution in [1.82, 2.24) is 0 Å². The zero-order valence-electron chi connectivity index (χ0n) is 13.1. The molecule has 2 aromatic carbocycles. The van der Waals surface area contributed by atoms with Crippen LogP contribution in [-0.2, 0) is 0 Å². The lowest BCUT2D eigenvalue weighted by Crippen LogP contribution is -2.03. The van der Waals surface area contributed by atoms with Crippen LogP contribution in [0.2, 0.25) is 0 Å². The van der Waals surface area contributed by atoms with Crippen molar-refractivity contribution in [2.45, 2.75) is 0 Å². The molecule has 0 saturated carbocycles. The minimum atomic E-state index is -0.408. The SMILES string of the molecule is COc1ccc(-c2cc3cc(OC)c(OC)cc3oc2=O)cc1. The molecule has 0 amide bonds. The maximum absolute atomic E-state index is 12.3. The third-order valence-corrected chi connectivity index (χ3v) is 3.64. The second-order valence-electron chi connectivity index (χ2n) is 4.92. The monoisotopic (exact) mass is 312 g/mol. The first-order chi connectivity index (χ1) is 11.2. The van der Waals surface area contributed by atoms with Gasteiger partial charge in [-0.2, -0.15) is 0 Å². The Bertz CT molecular complexity index is 894. The van der Waals surface area contributed by atoms with Crippen molar-refractivity contribution in [2.24, 2.45) is 0 Å². The van der Waals surface area contributed by atoms with Crippen LogP contribution in [0.25, 0.3) is 22.1 Å². The molecule has 5 nitrogen and oxygen atoms in total. The van der Waals surface area contributed by atoms with Gasteiger partial charge in [0, 0.05) is 11.5 Å². The van der Waals surface area contributed by atoms with Gasteiger partial charge < -0.3 is 18.6 Å². The molecule has 0 N–H and O–H groups in total. The highest BCUT2D eigenvalue weighted by Crippen LogP contribution is 2.33. The number of fused-ring (bicyclic) bond motifs is 1. The Morgan fingerprint density at radius 3 is 2.09 bits per heavy atom. The fourth-order valence-electron chi connectivity index (χ4n) is 2.42. The molecule has 0 spiro atoms. The third kappa shape index (κ3) is 2.73. The summed E-state index contributed by atoms with van der Waals surface area (Å²) in [5.41, 5.74) is 1.28. The maximum Gasteiger partial charge on any atom is 0.344 e. The van der Waals surface area contributed by atoms with E-state index in [0.29, 0.717) is 22.6 Å². The quantitative estimate of drug-likeness (QED) is 0.690. The van der Waals surface area contributed by atoms with Crippen LogP contribution in [0.1, 0.15) is 0 Å². The highest BCUT2D eigenvalue weighted by atomic mass is 16.5. The predicted molar refractivity (Wildman–Crippen MR) is 87.6 cm³/mol. The first-order valence-electron chi connectivity index (χ1n) is 7.00. The lowest BCUT2D eigenvalue weighted by molar-refractivity contribution is 0.355. The van der Waals surface area contributed by atoms with Gasteiger partial charge in [-0.3, -0.25) is 0 Å². The smallest absolute Gasteiger partial charge is 0.344 e. The molecule has 0 unspecified atom stereocenters. The van der Waals surface area contributed by atoms with E-state index in [9.17, 15) is 4.79 Å². The Morgan fingerprint density at radius 2 is 1.48 bits per heavy atom. The molecule has 3 aromatic rings. The summed E-state index contributed by atoms with van der Waals surface area (Å²) in [6.07, 6.45) is 0. The van der Waals surface area contributed by atoms with E-state index in [1.807, 2.05) is 12.1 Å². The minimum absolute atomic E-state index is 0.408. The molecule has 0 aliphatic carbocycles. The van der Waals surface area contributed by atoms with E-state index in [0.717, 1.165) is 16.7 Å². The fourth-order valence-corrected chi connectivity index (χ4v) is 2.42. The number of methoxy groups -OCH3 is 3. The van der Waals surface area contributed by atoms with Gasteiger partial charge in [-0.05, 0) is 29.8 Å². The standard InChI is InChI=1S/C18H16O5/c1-20-13-6-4-11(5-7-13)14-8-12-9-16(21-2)17(22-3)10-15(12)23-18(14)19/h4-10H,1-3H3. The van der Waals surface area contributed by atoms with Crippen molar-refractivity contribution >= 4 is 11.0 Å². The number of ether oxygens (including phenoxy) is 3. The summed E-state index contributed by atoms with van der Waals surface area (Å²) in [6.45, 7) is 0. The summed E-state index contributed by atoms with van der Waals surface area (Å²) >= 11 is 0. The summed E-state index contributed by atoms with van der Waals surface area (Å²) < 4.78 is 21.1. The molecular weight excluding hydrogens is 296 g/mol. The number of hydrogen-bond donors (Lipinski definition) is 0. The molecule has 1 heterocycles. The van der Waals surface area contributed by atoms with E-state index in [4.69, 9.17) is 18.6 Å². The van der Waals surface area contributed by atoms with Gasteiger partial charge in [0.1, 0.15) is 11.3 Å². The Morgan fingerprint density at radius 1 is 0.826 bits per heavy atom. The van der Waals surface area contributed by atoms with Crippen LogP contribution in [-0.4, -0.2) is 21.3 Å². The second kappa shape index (κ2) is 6.04. The van der Waals surface area contributed by atoms with E-state index in [1.54, 1.807) is 44.6 Å². The molecule has 3 rings (SSSR count). The first-order valence-corrected chi connectivity index (χ1v) is 7.00. The molecule has 0 aliphatic rings. The van der Waals surface area contributed by atoms with E-state index in [2.05, 4.69) is 0 Å². The molecule has 0 radical (unpaired) electrons. The van der Waals surface area contributed by atoms with Gasteiger partial charge in [-0.15, -0.1) is 0 Å². The van der Waals surface area contributed by atoms with Gasteiger partial charge >= 0.3 is 5.63 Å². The normalized spacial score (nSPS) is 10.6. The van der Waals surface area contributed by atoms with Gasteiger partial charge in [0.05, 0.1) is 26.9 Å². The van der Waals surface area contributed by atoms with Crippen LogP contribution in [0.4, 0.5) is 0 Å². The van der Waals surface area contributed by atoms with Crippen LogP contribution in [0.3, 0.4) is 0 Å². The van der Waals surface area contributed by atoms with E-state index < -0.39 is 5.63 Å². The van der Waals surface area contributed by atoms with E-state index in [1.165, 1.54) is 7.11 Å². The van der Waals surface area contributed by atoms with Crippen molar-refractivity contribution in [2.75, 3.05) is 21.3 Å². The van der Waals surface area contributed by atoms with Crippen molar-refractivity contribution < 1.29 is 18.6 Å². The summed E-state index contributed by atoms with van der Waals surface area (Å²) in [7, 11) is 4.69. The molecule has 0 atom stereocenters. The summed E-state index contributed by atoms with van der Waals surface area (Å²) in [5, 5.41) is 0.757. The molecule has 0 bridgehead atoms. The average Bonchev–Trinajstić information content (AvgIpc) is 2.60. The van der Waals surface area contributed by atoms with Crippen molar-refractivity contribution in [1.29, 1.82) is 0 Å². The average molecular weight is 312 g/mol. The molecule has 23 heavy (non-hydrogen) atoms. The molecule has 1 aromatic heterocycles. The number of benzene rings is 2. The largest absolute Gasteiger partial charge is 0.497 e. The Balaban J connectivity index is 2.17. The lowest BCUT2D eigenvalue weighted by Gasteiger charge is -2.09. The zero-order chi connectivity index (χ0) is 16.4. The van der Waals surface area contributed by atoms with Crippen molar-refractivity contribution in [3.8, 4) is 28.4 Å². The summed E-state index contributed by atoms with van der Waals surface area (Å²) in [5.74, 6) is 1.82. The maximum atomic E-state index is 12.3. The molecule has 0 fully saturated rings. The number of hydrogen-bond acceptors (Lipinski definition) is 5. The van der Waals surface area contributed by atoms with Crippen LogP contribution in [0, 0.1) is 0 Å². The van der Waals surface area contributed by atoms with Crippen LogP contribution in [0.15, 0.2) is 51.7 Å². The molecule has 118 valence electrons. The number of rotatable bonds is 4. The Hall–Kier alpha value is -2.95. The van der Waals surface area contributed by atoms with Crippen LogP contribution < -0.4 is 19.8 Å². The zero-order valence-corrected chi connectivity index (χ0v) is 13.1. The third-order valence-electron chi connectivity index (χ3n) is 3.64. The Kier molecular flexibility index (Phi) is 3.93. The summed E-state index contributed by atoms with van der Waals surface area (Å²) in [4.78, 5) is 12.3. The van der Waals surface area contributed by atoms with Gasteiger partial charge in [-0.1, -0.05) is 12.1 Å². The minimum Gasteiger partial charge on any atom is -0.497 e.